The standard InChI is InChI=1S/C17H17F3N2O3S/c18-17(19,20)11-25-14-4-1-3-13(9-14)22-15(23)5-2-7-21-16(24)12-6-8-26-10-12/h1,3-4,6,8-10H,2,5,7,11H2,(H,21,24)(H,22,23). The monoisotopic (exact) mass is 386 g/mol. The van der Waals surface area contributed by atoms with E-state index in [4.69, 9.17) is 0 Å². The van der Waals surface area contributed by atoms with Crippen LogP contribution in [0.2, 0.25) is 0 Å². The van der Waals surface area contributed by atoms with Gasteiger partial charge in [-0.3, -0.25) is 9.59 Å². The summed E-state index contributed by atoms with van der Waals surface area (Å²) in [5.41, 5.74) is 0.923. The highest BCUT2D eigenvalue weighted by atomic mass is 32.1. The topological polar surface area (TPSA) is 67.4 Å². The Balaban J connectivity index is 1.71. The highest BCUT2D eigenvalue weighted by Crippen LogP contribution is 2.21. The number of amides is 2. The molecular weight excluding hydrogens is 369 g/mol. The Hall–Kier alpha value is -2.55. The molecule has 2 amide bonds. The van der Waals surface area contributed by atoms with E-state index in [1.165, 1.54) is 29.5 Å². The van der Waals surface area contributed by atoms with E-state index < -0.39 is 12.8 Å². The second-order valence-electron chi connectivity index (χ2n) is 5.35. The van der Waals surface area contributed by atoms with Gasteiger partial charge in [0.05, 0.1) is 0 Å². The van der Waals surface area contributed by atoms with Gasteiger partial charge >= 0.3 is 6.18 Å². The molecule has 0 radical (unpaired) electrons. The lowest BCUT2D eigenvalue weighted by Gasteiger charge is -2.11. The fourth-order valence-electron chi connectivity index (χ4n) is 2.00. The molecule has 2 N–H and O–H groups in total. The molecule has 2 rings (SSSR count). The van der Waals surface area contributed by atoms with Crippen LogP contribution < -0.4 is 15.4 Å². The molecule has 0 unspecified atom stereocenters. The van der Waals surface area contributed by atoms with E-state index in [2.05, 4.69) is 15.4 Å². The van der Waals surface area contributed by atoms with Crippen molar-refractivity contribution < 1.29 is 27.5 Å². The van der Waals surface area contributed by atoms with Gasteiger partial charge in [0, 0.05) is 35.7 Å². The van der Waals surface area contributed by atoms with Gasteiger partial charge in [-0.2, -0.15) is 24.5 Å². The molecule has 0 atom stereocenters. The summed E-state index contributed by atoms with van der Waals surface area (Å²) in [7, 11) is 0. The first-order valence-electron chi connectivity index (χ1n) is 7.73. The maximum absolute atomic E-state index is 12.1. The predicted molar refractivity (Wildman–Crippen MR) is 92.5 cm³/mol. The van der Waals surface area contributed by atoms with Crippen LogP contribution in [0, 0.1) is 0 Å². The third-order valence-corrected chi connectivity index (χ3v) is 3.85. The second-order valence-corrected chi connectivity index (χ2v) is 6.13. The molecule has 2 aromatic rings. The van der Waals surface area contributed by atoms with Crippen LogP contribution in [0.1, 0.15) is 23.2 Å². The Labute approximate surface area is 152 Å². The molecule has 0 saturated heterocycles. The van der Waals surface area contributed by atoms with Crippen LogP contribution in [0.5, 0.6) is 5.75 Å². The van der Waals surface area contributed by atoms with Crippen LogP contribution in [-0.4, -0.2) is 31.1 Å². The molecule has 0 aliphatic heterocycles. The number of anilines is 1. The molecule has 9 heteroatoms. The zero-order valence-corrected chi connectivity index (χ0v) is 14.5. The van der Waals surface area contributed by atoms with Crippen molar-refractivity contribution in [1.82, 2.24) is 5.32 Å². The lowest BCUT2D eigenvalue weighted by atomic mass is 10.2. The minimum Gasteiger partial charge on any atom is -0.484 e. The SMILES string of the molecule is O=C(CCCNC(=O)c1ccsc1)Nc1cccc(OCC(F)(F)F)c1. The van der Waals surface area contributed by atoms with Crippen molar-refractivity contribution in [2.24, 2.45) is 0 Å². The number of benzene rings is 1. The normalized spacial score (nSPS) is 11.0. The smallest absolute Gasteiger partial charge is 0.422 e. The van der Waals surface area contributed by atoms with Crippen LogP contribution in [0.4, 0.5) is 18.9 Å². The molecule has 0 fully saturated rings. The van der Waals surface area contributed by atoms with E-state index in [1.807, 2.05) is 0 Å². The van der Waals surface area contributed by atoms with Crippen LogP contribution in [0.3, 0.4) is 0 Å². The molecule has 0 spiro atoms. The molecule has 0 saturated carbocycles. The summed E-state index contributed by atoms with van der Waals surface area (Å²) in [6.45, 7) is -1.05. The van der Waals surface area contributed by atoms with Crippen molar-refractivity contribution in [3.8, 4) is 5.75 Å². The third kappa shape index (κ3) is 7.14. The summed E-state index contributed by atoms with van der Waals surface area (Å²) >= 11 is 1.42. The van der Waals surface area contributed by atoms with E-state index >= 15 is 0 Å². The summed E-state index contributed by atoms with van der Waals surface area (Å²) in [5.74, 6) is -0.480. The van der Waals surface area contributed by atoms with Crippen LogP contribution in [-0.2, 0) is 4.79 Å². The Morgan fingerprint density at radius 2 is 2.00 bits per heavy atom. The van der Waals surface area contributed by atoms with Gasteiger partial charge in [0.15, 0.2) is 6.61 Å². The number of alkyl halides is 3. The van der Waals surface area contributed by atoms with Gasteiger partial charge in [-0.1, -0.05) is 6.07 Å². The van der Waals surface area contributed by atoms with Gasteiger partial charge in [-0.15, -0.1) is 0 Å². The van der Waals surface area contributed by atoms with Crippen molar-refractivity contribution in [2.45, 2.75) is 19.0 Å². The molecule has 140 valence electrons. The summed E-state index contributed by atoms with van der Waals surface area (Å²) in [5, 5.41) is 8.82. The number of rotatable bonds is 8. The van der Waals surface area contributed by atoms with Crippen molar-refractivity contribution in [2.75, 3.05) is 18.5 Å². The summed E-state index contributed by atoms with van der Waals surface area (Å²) in [6.07, 6.45) is -3.82. The summed E-state index contributed by atoms with van der Waals surface area (Å²) < 4.78 is 41.1. The fourth-order valence-corrected chi connectivity index (χ4v) is 2.63. The molecule has 0 bridgehead atoms. The first-order valence-corrected chi connectivity index (χ1v) is 8.67. The Kier molecular flexibility index (Phi) is 7.02. The van der Waals surface area contributed by atoms with E-state index in [-0.39, 0.29) is 24.0 Å². The number of carbonyl (C=O) groups excluding carboxylic acids is 2. The Morgan fingerprint density at radius 3 is 2.69 bits per heavy atom. The minimum atomic E-state index is -4.42. The number of ether oxygens (including phenoxy) is 1. The highest BCUT2D eigenvalue weighted by molar-refractivity contribution is 7.08. The average molecular weight is 386 g/mol. The van der Waals surface area contributed by atoms with Crippen molar-refractivity contribution in [1.29, 1.82) is 0 Å². The number of carbonyl (C=O) groups is 2. The second kappa shape index (κ2) is 9.23. The van der Waals surface area contributed by atoms with Crippen molar-refractivity contribution in [3.05, 3.63) is 46.7 Å². The maximum atomic E-state index is 12.1. The van der Waals surface area contributed by atoms with E-state index in [9.17, 15) is 22.8 Å². The summed E-state index contributed by atoms with van der Waals surface area (Å²) in [6, 6.07) is 7.45. The molecule has 1 aromatic heterocycles. The zero-order valence-electron chi connectivity index (χ0n) is 13.6. The number of hydrogen-bond donors (Lipinski definition) is 2. The quantitative estimate of drug-likeness (QED) is 0.678. The van der Waals surface area contributed by atoms with Gasteiger partial charge in [-0.25, -0.2) is 0 Å². The number of halogens is 3. The Morgan fingerprint density at radius 1 is 1.19 bits per heavy atom. The van der Waals surface area contributed by atoms with Gasteiger partial charge in [0.25, 0.3) is 5.91 Å². The summed E-state index contributed by atoms with van der Waals surface area (Å²) in [4.78, 5) is 23.6. The van der Waals surface area contributed by atoms with Gasteiger partial charge in [-0.05, 0) is 30.0 Å². The molecule has 1 aromatic carbocycles. The first kappa shape index (κ1) is 19.8. The number of nitrogens with one attached hydrogen (secondary N) is 2. The molecule has 5 nitrogen and oxygen atoms in total. The molecule has 26 heavy (non-hydrogen) atoms. The average Bonchev–Trinajstić information content (AvgIpc) is 3.11. The van der Waals surface area contributed by atoms with E-state index in [0.29, 0.717) is 24.2 Å². The number of thiophene rings is 1. The fraction of sp³-hybridized carbons (Fsp3) is 0.294. The van der Waals surface area contributed by atoms with Crippen LogP contribution in [0.15, 0.2) is 41.1 Å². The van der Waals surface area contributed by atoms with E-state index in [1.54, 1.807) is 22.9 Å². The molecular formula is C17H17F3N2O3S. The lowest BCUT2D eigenvalue weighted by molar-refractivity contribution is -0.153. The number of hydrogen-bond acceptors (Lipinski definition) is 4. The molecule has 0 aliphatic rings. The van der Waals surface area contributed by atoms with E-state index in [0.717, 1.165) is 0 Å². The molecule has 1 heterocycles. The maximum Gasteiger partial charge on any atom is 0.422 e. The van der Waals surface area contributed by atoms with Gasteiger partial charge in [0.1, 0.15) is 5.75 Å². The van der Waals surface area contributed by atoms with Crippen LogP contribution >= 0.6 is 11.3 Å². The van der Waals surface area contributed by atoms with Crippen LogP contribution in [0.25, 0.3) is 0 Å². The predicted octanol–water partition coefficient (Wildman–Crippen LogP) is 3.84. The Bertz CT molecular complexity index is 733. The highest BCUT2D eigenvalue weighted by Gasteiger charge is 2.28. The minimum absolute atomic E-state index is 0.0168. The van der Waals surface area contributed by atoms with Gasteiger partial charge in [0.2, 0.25) is 5.91 Å². The lowest BCUT2D eigenvalue weighted by Crippen LogP contribution is -2.25. The first-order chi connectivity index (χ1) is 12.3. The van der Waals surface area contributed by atoms with Crippen molar-refractivity contribution >= 4 is 28.8 Å². The third-order valence-electron chi connectivity index (χ3n) is 3.17. The largest absolute Gasteiger partial charge is 0.484 e. The van der Waals surface area contributed by atoms with Gasteiger partial charge < -0.3 is 15.4 Å². The molecule has 0 aliphatic carbocycles. The van der Waals surface area contributed by atoms with Crippen molar-refractivity contribution in [3.63, 3.8) is 0 Å². The zero-order chi connectivity index (χ0) is 19.0.